The number of para-hydroxylation sites is 1. The van der Waals surface area contributed by atoms with Crippen molar-refractivity contribution in [1.82, 2.24) is 19.7 Å². The number of rotatable bonds is 5. The summed E-state index contributed by atoms with van der Waals surface area (Å²) < 4.78 is 4.62. The van der Waals surface area contributed by atoms with Crippen LogP contribution in [0.3, 0.4) is 0 Å². The van der Waals surface area contributed by atoms with Gasteiger partial charge < -0.3 is 9.88 Å². The highest BCUT2D eigenvalue weighted by Crippen LogP contribution is 2.30. The Balaban J connectivity index is 1.56. The summed E-state index contributed by atoms with van der Waals surface area (Å²) in [5, 5.41) is 8.35. The SMILES string of the molecule is Cn1c(C(=O)NCc2ccccc2Cn2cccn2)c(Br)c2ccccc21. The molecule has 136 valence electrons. The third-order valence-corrected chi connectivity index (χ3v) is 5.51. The van der Waals surface area contributed by atoms with Crippen molar-refractivity contribution >= 4 is 32.7 Å². The Morgan fingerprint density at radius 2 is 1.81 bits per heavy atom. The number of amides is 1. The standard InChI is InChI=1S/C21H19BrN4O/c1-25-18-10-5-4-9-17(18)19(22)20(25)21(27)23-13-15-7-2-3-8-16(15)14-26-12-6-11-24-26/h2-12H,13-14H2,1H3,(H,23,27). The maximum absolute atomic E-state index is 12.9. The minimum atomic E-state index is -0.102. The third-order valence-electron chi connectivity index (χ3n) is 4.71. The van der Waals surface area contributed by atoms with Crippen molar-refractivity contribution in [2.45, 2.75) is 13.1 Å². The summed E-state index contributed by atoms with van der Waals surface area (Å²) in [6, 6.07) is 18.0. The molecule has 0 atom stereocenters. The third kappa shape index (κ3) is 3.40. The summed E-state index contributed by atoms with van der Waals surface area (Å²) in [5.41, 5.74) is 3.86. The first kappa shape index (κ1) is 17.5. The van der Waals surface area contributed by atoms with Gasteiger partial charge in [-0.2, -0.15) is 5.10 Å². The molecule has 0 saturated carbocycles. The predicted octanol–water partition coefficient (Wildman–Crippen LogP) is 4.12. The van der Waals surface area contributed by atoms with Crippen LogP contribution in [-0.4, -0.2) is 20.3 Å². The van der Waals surface area contributed by atoms with Crippen LogP contribution in [0.5, 0.6) is 0 Å². The Morgan fingerprint density at radius 1 is 1.07 bits per heavy atom. The van der Waals surface area contributed by atoms with E-state index in [1.807, 2.05) is 71.0 Å². The summed E-state index contributed by atoms with van der Waals surface area (Å²) in [4.78, 5) is 12.9. The predicted molar refractivity (Wildman–Crippen MR) is 110 cm³/mol. The second kappa shape index (κ2) is 7.40. The molecule has 0 fully saturated rings. The molecule has 0 spiro atoms. The lowest BCUT2D eigenvalue weighted by atomic mass is 10.1. The molecule has 6 heteroatoms. The number of fused-ring (bicyclic) bond motifs is 1. The summed E-state index contributed by atoms with van der Waals surface area (Å²) in [6.45, 7) is 1.14. The first-order valence-electron chi connectivity index (χ1n) is 8.70. The molecule has 1 N–H and O–H groups in total. The second-order valence-electron chi connectivity index (χ2n) is 6.39. The van der Waals surface area contributed by atoms with Gasteiger partial charge >= 0.3 is 0 Å². The Kier molecular flexibility index (Phi) is 4.81. The van der Waals surface area contributed by atoms with Gasteiger partial charge in [-0.3, -0.25) is 9.48 Å². The van der Waals surface area contributed by atoms with Gasteiger partial charge in [0.05, 0.1) is 11.0 Å². The van der Waals surface area contributed by atoms with Gasteiger partial charge in [-0.05, 0) is 39.2 Å². The minimum absolute atomic E-state index is 0.102. The zero-order chi connectivity index (χ0) is 18.8. The Labute approximate surface area is 165 Å². The maximum atomic E-state index is 12.9. The van der Waals surface area contributed by atoms with E-state index in [1.54, 1.807) is 6.20 Å². The van der Waals surface area contributed by atoms with Crippen molar-refractivity contribution in [2.24, 2.45) is 7.05 Å². The normalized spacial score (nSPS) is 11.0. The number of nitrogens with zero attached hydrogens (tertiary/aromatic N) is 3. The van der Waals surface area contributed by atoms with Gasteiger partial charge in [-0.25, -0.2) is 0 Å². The number of benzene rings is 2. The van der Waals surface area contributed by atoms with Crippen LogP contribution in [-0.2, 0) is 20.1 Å². The number of aryl methyl sites for hydroxylation is 1. The zero-order valence-electron chi connectivity index (χ0n) is 14.9. The quantitative estimate of drug-likeness (QED) is 0.525. The van der Waals surface area contributed by atoms with E-state index in [0.29, 0.717) is 18.8 Å². The molecule has 27 heavy (non-hydrogen) atoms. The van der Waals surface area contributed by atoms with Crippen molar-refractivity contribution in [3.8, 4) is 0 Å². The van der Waals surface area contributed by atoms with Crippen molar-refractivity contribution < 1.29 is 4.79 Å². The van der Waals surface area contributed by atoms with Crippen LogP contribution in [0.4, 0.5) is 0 Å². The summed E-state index contributed by atoms with van der Waals surface area (Å²) in [6.07, 6.45) is 3.70. The molecule has 0 aliphatic rings. The van der Waals surface area contributed by atoms with Gasteiger partial charge in [0.25, 0.3) is 5.91 Å². The van der Waals surface area contributed by atoms with E-state index in [0.717, 1.165) is 26.5 Å². The van der Waals surface area contributed by atoms with Gasteiger partial charge in [0, 0.05) is 36.9 Å². The average molecular weight is 423 g/mol. The van der Waals surface area contributed by atoms with Gasteiger partial charge in [-0.1, -0.05) is 42.5 Å². The molecular formula is C21H19BrN4O. The Hall–Kier alpha value is -2.86. The molecule has 2 aromatic heterocycles. The molecule has 0 unspecified atom stereocenters. The van der Waals surface area contributed by atoms with Gasteiger partial charge in [-0.15, -0.1) is 0 Å². The smallest absolute Gasteiger partial charge is 0.269 e. The first-order valence-corrected chi connectivity index (χ1v) is 9.50. The molecule has 4 aromatic rings. The summed E-state index contributed by atoms with van der Waals surface area (Å²) >= 11 is 3.59. The van der Waals surface area contributed by atoms with E-state index >= 15 is 0 Å². The molecule has 5 nitrogen and oxygen atoms in total. The molecule has 0 bridgehead atoms. The summed E-state index contributed by atoms with van der Waals surface area (Å²) in [7, 11) is 1.91. The highest BCUT2D eigenvalue weighted by atomic mass is 79.9. The number of hydrogen-bond acceptors (Lipinski definition) is 2. The van der Waals surface area contributed by atoms with Crippen molar-refractivity contribution in [3.63, 3.8) is 0 Å². The van der Waals surface area contributed by atoms with E-state index in [1.165, 1.54) is 0 Å². The molecule has 0 aliphatic carbocycles. The number of aromatic nitrogens is 3. The monoisotopic (exact) mass is 422 g/mol. The number of halogens is 1. The van der Waals surface area contributed by atoms with Crippen LogP contribution < -0.4 is 5.32 Å². The lowest BCUT2D eigenvalue weighted by molar-refractivity contribution is 0.0942. The Bertz CT molecular complexity index is 1060. The molecule has 0 aliphatic heterocycles. The lowest BCUT2D eigenvalue weighted by Crippen LogP contribution is -2.26. The zero-order valence-corrected chi connectivity index (χ0v) is 16.5. The fourth-order valence-electron chi connectivity index (χ4n) is 3.31. The van der Waals surface area contributed by atoms with Crippen molar-refractivity contribution in [1.29, 1.82) is 0 Å². The average Bonchev–Trinajstić information content (AvgIpc) is 3.28. The maximum Gasteiger partial charge on any atom is 0.269 e. The lowest BCUT2D eigenvalue weighted by Gasteiger charge is -2.12. The van der Waals surface area contributed by atoms with E-state index in [-0.39, 0.29) is 5.91 Å². The van der Waals surface area contributed by atoms with Crippen LogP contribution in [0, 0.1) is 0 Å². The van der Waals surface area contributed by atoms with Crippen LogP contribution >= 0.6 is 15.9 Å². The second-order valence-corrected chi connectivity index (χ2v) is 7.19. The number of hydrogen-bond donors (Lipinski definition) is 1. The van der Waals surface area contributed by atoms with Crippen LogP contribution in [0.1, 0.15) is 21.6 Å². The van der Waals surface area contributed by atoms with E-state index in [4.69, 9.17) is 0 Å². The van der Waals surface area contributed by atoms with Crippen LogP contribution in [0.2, 0.25) is 0 Å². The topological polar surface area (TPSA) is 51.9 Å². The van der Waals surface area contributed by atoms with Crippen LogP contribution in [0.25, 0.3) is 10.9 Å². The number of carbonyl (C=O) groups is 1. The molecule has 4 rings (SSSR count). The first-order chi connectivity index (χ1) is 13.1. The minimum Gasteiger partial charge on any atom is -0.347 e. The largest absolute Gasteiger partial charge is 0.347 e. The molecule has 2 aromatic carbocycles. The molecular weight excluding hydrogens is 404 g/mol. The van der Waals surface area contributed by atoms with E-state index in [2.05, 4.69) is 32.4 Å². The fraction of sp³-hybridized carbons (Fsp3) is 0.143. The van der Waals surface area contributed by atoms with Crippen molar-refractivity contribution in [2.75, 3.05) is 0 Å². The van der Waals surface area contributed by atoms with Crippen LogP contribution in [0.15, 0.2) is 71.5 Å². The Morgan fingerprint density at radius 3 is 2.56 bits per heavy atom. The molecule has 0 saturated heterocycles. The van der Waals surface area contributed by atoms with Crippen molar-refractivity contribution in [3.05, 3.63) is 88.3 Å². The van der Waals surface area contributed by atoms with Gasteiger partial charge in [0.1, 0.15) is 5.69 Å². The van der Waals surface area contributed by atoms with E-state index in [9.17, 15) is 4.79 Å². The number of carbonyl (C=O) groups excluding carboxylic acids is 1. The van der Waals surface area contributed by atoms with Gasteiger partial charge in [0.2, 0.25) is 0 Å². The van der Waals surface area contributed by atoms with Gasteiger partial charge in [0.15, 0.2) is 0 Å². The highest BCUT2D eigenvalue weighted by molar-refractivity contribution is 9.10. The molecule has 2 heterocycles. The fourth-order valence-corrected chi connectivity index (χ4v) is 4.09. The van der Waals surface area contributed by atoms with E-state index < -0.39 is 0 Å². The number of nitrogens with one attached hydrogen (secondary N) is 1. The molecule has 0 radical (unpaired) electrons. The molecule has 1 amide bonds. The highest BCUT2D eigenvalue weighted by Gasteiger charge is 2.19. The summed E-state index contributed by atoms with van der Waals surface area (Å²) in [5.74, 6) is -0.102.